The van der Waals surface area contributed by atoms with Gasteiger partial charge in [-0.3, -0.25) is 14.7 Å². The molecule has 26 heavy (non-hydrogen) atoms. The number of carbonyl (C=O) groups excluding carboxylic acids is 1. The first-order valence-electron chi connectivity index (χ1n) is 9.20. The second-order valence-electron chi connectivity index (χ2n) is 7.10. The zero-order valence-electron chi connectivity index (χ0n) is 15.1. The Morgan fingerprint density at radius 2 is 2.19 bits per heavy atom. The van der Waals surface area contributed by atoms with Gasteiger partial charge in [0.1, 0.15) is 6.04 Å². The molecule has 1 unspecified atom stereocenters. The lowest BCUT2D eigenvalue weighted by Crippen LogP contribution is -2.49. The Kier molecular flexibility index (Phi) is 4.99. The van der Waals surface area contributed by atoms with Gasteiger partial charge in [-0.25, -0.2) is 4.98 Å². The zero-order chi connectivity index (χ0) is 17.9. The van der Waals surface area contributed by atoms with Crippen molar-refractivity contribution in [2.24, 2.45) is 0 Å². The second kappa shape index (κ2) is 7.55. The van der Waals surface area contributed by atoms with E-state index in [2.05, 4.69) is 14.9 Å². The summed E-state index contributed by atoms with van der Waals surface area (Å²) < 4.78 is 7.53. The van der Waals surface area contributed by atoms with Crippen LogP contribution in [-0.4, -0.2) is 63.1 Å². The maximum atomic E-state index is 13.2. The molecule has 0 radical (unpaired) electrons. The summed E-state index contributed by atoms with van der Waals surface area (Å²) >= 11 is 0. The number of hydrogen-bond donors (Lipinski definition) is 0. The molecule has 0 aliphatic carbocycles. The molecule has 4 rings (SSSR count). The Labute approximate surface area is 153 Å². The molecule has 2 aromatic rings. The molecule has 2 aliphatic rings. The third-order valence-corrected chi connectivity index (χ3v) is 5.35. The molecule has 2 aliphatic heterocycles. The summed E-state index contributed by atoms with van der Waals surface area (Å²) in [6, 6.07) is 6.02. The fourth-order valence-corrected chi connectivity index (χ4v) is 3.91. The maximum Gasteiger partial charge on any atom is 0.247 e. The number of imidazole rings is 1. The van der Waals surface area contributed by atoms with E-state index in [9.17, 15) is 4.79 Å². The van der Waals surface area contributed by atoms with Crippen molar-refractivity contribution in [1.29, 1.82) is 0 Å². The molecule has 0 aromatic carbocycles. The zero-order valence-corrected chi connectivity index (χ0v) is 15.1. The van der Waals surface area contributed by atoms with Crippen molar-refractivity contribution < 1.29 is 9.53 Å². The number of hydrogen-bond acceptors (Lipinski definition) is 5. The highest BCUT2D eigenvalue weighted by Gasteiger charge is 2.35. The van der Waals surface area contributed by atoms with Crippen LogP contribution in [0.5, 0.6) is 0 Å². The summed E-state index contributed by atoms with van der Waals surface area (Å²) in [6.45, 7) is 3.69. The number of aromatic nitrogens is 3. The van der Waals surface area contributed by atoms with Gasteiger partial charge in [-0.05, 0) is 25.0 Å². The van der Waals surface area contributed by atoms with Crippen LogP contribution in [0.2, 0.25) is 0 Å². The second-order valence-corrected chi connectivity index (χ2v) is 7.10. The highest BCUT2D eigenvalue weighted by atomic mass is 16.5. The standard InChI is InChI=1S/C19H25N5O2/c1-22(11-15-4-2-3-7-21-15)19(25)18-13-23(16-5-8-26-9-6-16)12-17-10-20-14-24(17)18/h2-4,7,10,14,16,18H,5-6,8-9,11-13H2,1H3. The van der Waals surface area contributed by atoms with Crippen molar-refractivity contribution in [3.63, 3.8) is 0 Å². The predicted octanol–water partition coefficient (Wildman–Crippen LogP) is 1.47. The minimum Gasteiger partial charge on any atom is -0.381 e. The molecule has 138 valence electrons. The Bertz CT molecular complexity index is 741. The first kappa shape index (κ1) is 17.2. The lowest BCUT2D eigenvalue weighted by atomic mass is 10.0. The molecule has 7 heteroatoms. The highest BCUT2D eigenvalue weighted by molar-refractivity contribution is 5.80. The Balaban J connectivity index is 1.51. The number of fused-ring (bicyclic) bond motifs is 1. The minimum absolute atomic E-state index is 0.103. The van der Waals surface area contributed by atoms with E-state index in [4.69, 9.17) is 4.74 Å². The topological polar surface area (TPSA) is 63.5 Å². The van der Waals surface area contributed by atoms with E-state index in [0.29, 0.717) is 12.6 Å². The van der Waals surface area contributed by atoms with Crippen molar-refractivity contribution in [3.05, 3.63) is 48.3 Å². The highest BCUT2D eigenvalue weighted by Crippen LogP contribution is 2.27. The van der Waals surface area contributed by atoms with Gasteiger partial charge in [0, 0.05) is 51.8 Å². The molecule has 0 N–H and O–H groups in total. The molecule has 0 spiro atoms. The van der Waals surface area contributed by atoms with Gasteiger partial charge in [0.2, 0.25) is 5.91 Å². The van der Waals surface area contributed by atoms with Crippen LogP contribution in [0.15, 0.2) is 36.9 Å². The normalized spacial score (nSPS) is 21.3. The SMILES string of the molecule is CN(Cc1ccccn1)C(=O)C1CN(C2CCOCC2)Cc2cncn21. The fourth-order valence-electron chi connectivity index (χ4n) is 3.91. The third-order valence-electron chi connectivity index (χ3n) is 5.35. The fraction of sp³-hybridized carbons (Fsp3) is 0.526. The molecule has 0 bridgehead atoms. The summed E-state index contributed by atoms with van der Waals surface area (Å²) in [7, 11) is 1.85. The van der Waals surface area contributed by atoms with Crippen LogP contribution in [0.1, 0.15) is 30.3 Å². The van der Waals surface area contributed by atoms with Crippen LogP contribution in [0, 0.1) is 0 Å². The van der Waals surface area contributed by atoms with Gasteiger partial charge in [-0.15, -0.1) is 0 Å². The monoisotopic (exact) mass is 355 g/mol. The van der Waals surface area contributed by atoms with Crippen LogP contribution in [-0.2, 0) is 22.6 Å². The van der Waals surface area contributed by atoms with Crippen LogP contribution in [0.25, 0.3) is 0 Å². The van der Waals surface area contributed by atoms with Crippen molar-refractivity contribution in [3.8, 4) is 0 Å². The smallest absolute Gasteiger partial charge is 0.247 e. The van der Waals surface area contributed by atoms with Gasteiger partial charge in [0.05, 0.1) is 24.3 Å². The summed E-state index contributed by atoms with van der Waals surface area (Å²) in [6.07, 6.45) is 7.48. The van der Waals surface area contributed by atoms with Crippen LogP contribution in [0.4, 0.5) is 0 Å². The Hall–Kier alpha value is -2.25. The van der Waals surface area contributed by atoms with Crippen molar-refractivity contribution in [2.45, 2.75) is 38.0 Å². The van der Waals surface area contributed by atoms with Crippen LogP contribution in [0.3, 0.4) is 0 Å². The van der Waals surface area contributed by atoms with E-state index in [-0.39, 0.29) is 11.9 Å². The maximum absolute atomic E-state index is 13.2. The molecule has 1 amide bonds. The lowest BCUT2D eigenvalue weighted by Gasteiger charge is -2.40. The molecule has 1 fully saturated rings. The number of nitrogens with zero attached hydrogens (tertiary/aromatic N) is 5. The van der Waals surface area contributed by atoms with Crippen molar-refractivity contribution in [2.75, 3.05) is 26.8 Å². The van der Waals surface area contributed by atoms with Crippen molar-refractivity contribution in [1.82, 2.24) is 24.3 Å². The quantitative estimate of drug-likeness (QED) is 0.831. The van der Waals surface area contributed by atoms with Gasteiger partial charge in [0.25, 0.3) is 0 Å². The van der Waals surface area contributed by atoms with Crippen molar-refractivity contribution >= 4 is 5.91 Å². The van der Waals surface area contributed by atoms with E-state index < -0.39 is 0 Å². The van der Waals surface area contributed by atoms with Gasteiger partial charge < -0.3 is 14.2 Å². The summed E-state index contributed by atoms with van der Waals surface area (Å²) in [5.41, 5.74) is 2.00. The summed E-state index contributed by atoms with van der Waals surface area (Å²) in [5.74, 6) is 0.103. The van der Waals surface area contributed by atoms with Gasteiger partial charge in [-0.2, -0.15) is 0 Å². The van der Waals surface area contributed by atoms with E-state index in [1.807, 2.05) is 36.0 Å². The number of ether oxygens (including phenoxy) is 1. The average molecular weight is 355 g/mol. The third kappa shape index (κ3) is 3.50. The van der Waals surface area contributed by atoms with E-state index in [0.717, 1.165) is 50.5 Å². The van der Waals surface area contributed by atoms with Crippen LogP contribution >= 0.6 is 0 Å². The molecule has 2 aromatic heterocycles. The predicted molar refractivity (Wildman–Crippen MR) is 96.2 cm³/mol. The van der Waals surface area contributed by atoms with Gasteiger partial charge in [-0.1, -0.05) is 6.07 Å². The van der Waals surface area contributed by atoms with E-state index in [1.54, 1.807) is 17.4 Å². The molecule has 1 saturated heterocycles. The first-order chi connectivity index (χ1) is 12.7. The van der Waals surface area contributed by atoms with E-state index in [1.165, 1.54) is 0 Å². The largest absolute Gasteiger partial charge is 0.381 e. The molecular weight excluding hydrogens is 330 g/mol. The van der Waals surface area contributed by atoms with Crippen LogP contribution < -0.4 is 0 Å². The summed E-state index contributed by atoms with van der Waals surface area (Å²) in [5, 5.41) is 0. The average Bonchev–Trinajstić information content (AvgIpc) is 3.17. The lowest BCUT2D eigenvalue weighted by molar-refractivity contribution is -0.136. The molecule has 7 nitrogen and oxygen atoms in total. The number of carbonyl (C=O) groups is 1. The Morgan fingerprint density at radius 1 is 1.35 bits per heavy atom. The molecule has 0 saturated carbocycles. The van der Waals surface area contributed by atoms with Gasteiger partial charge >= 0.3 is 0 Å². The first-order valence-corrected chi connectivity index (χ1v) is 9.20. The number of amides is 1. The minimum atomic E-state index is -0.238. The number of rotatable bonds is 4. The van der Waals surface area contributed by atoms with Gasteiger partial charge in [0.15, 0.2) is 0 Å². The molecule has 1 atom stereocenters. The Morgan fingerprint density at radius 3 is 2.96 bits per heavy atom. The summed E-state index contributed by atoms with van der Waals surface area (Å²) in [4.78, 5) is 26.0. The molecule has 4 heterocycles. The van der Waals surface area contributed by atoms with E-state index >= 15 is 0 Å². The number of likely N-dealkylation sites (N-methyl/N-ethyl adjacent to an activating group) is 1. The molecular formula is C19H25N5O2. The number of pyridine rings is 1.